The molecular formula is C12H22N2O4S. The van der Waals surface area contributed by atoms with E-state index in [0.717, 1.165) is 0 Å². The molecule has 1 unspecified atom stereocenters. The molecule has 0 aromatic rings. The average Bonchev–Trinajstić information content (AvgIpc) is 2.49. The summed E-state index contributed by atoms with van der Waals surface area (Å²) in [6.45, 7) is 4.92. The van der Waals surface area contributed by atoms with Crippen LogP contribution in [0.2, 0.25) is 0 Å². The van der Waals surface area contributed by atoms with Crippen LogP contribution >= 0.6 is 0 Å². The van der Waals surface area contributed by atoms with E-state index in [0.29, 0.717) is 25.9 Å². The molecule has 2 heterocycles. The highest BCUT2D eigenvalue weighted by atomic mass is 32.2. The first kappa shape index (κ1) is 14.7. The molecule has 2 aliphatic heterocycles. The third-order valence-electron chi connectivity index (χ3n) is 4.01. The highest BCUT2D eigenvalue weighted by Gasteiger charge is 2.42. The van der Waals surface area contributed by atoms with Crippen LogP contribution in [0.5, 0.6) is 0 Å². The molecule has 0 saturated carbocycles. The Morgan fingerprint density at radius 2 is 2.05 bits per heavy atom. The first-order chi connectivity index (χ1) is 8.65. The van der Waals surface area contributed by atoms with Crippen molar-refractivity contribution in [3.63, 3.8) is 0 Å². The number of aliphatic hydroxyl groups is 1. The maximum Gasteiger partial charge on any atom is 0.234 e. The highest BCUT2D eigenvalue weighted by Crippen LogP contribution is 2.25. The Labute approximate surface area is 114 Å². The van der Waals surface area contributed by atoms with E-state index in [1.54, 1.807) is 6.92 Å². The largest absolute Gasteiger partial charge is 0.387 e. The second-order valence-corrected chi connectivity index (χ2v) is 8.36. The van der Waals surface area contributed by atoms with E-state index in [2.05, 4.69) is 5.32 Å². The molecule has 0 aliphatic carbocycles. The number of amides is 1. The SMILES string of the molecule is CCC1(O)CN(CC(=O)NC2(C)CCS(=O)(=O)C2)C1. The minimum Gasteiger partial charge on any atom is -0.387 e. The van der Waals surface area contributed by atoms with E-state index in [1.807, 2.05) is 11.8 Å². The molecule has 0 radical (unpaired) electrons. The molecule has 2 N–H and O–H groups in total. The van der Waals surface area contributed by atoms with Gasteiger partial charge in [0.2, 0.25) is 5.91 Å². The molecule has 0 aromatic heterocycles. The molecule has 6 nitrogen and oxygen atoms in total. The Hall–Kier alpha value is -0.660. The van der Waals surface area contributed by atoms with Crippen molar-refractivity contribution in [1.82, 2.24) is 10.2 Å². The molecule has 7 heteroatoms. The van der Waals surface area contributed by atoms with Crippen molar-refractivity contribution in [1.29, 1.82) is 0 Å². The number of rotatable bonds is 4. The van der Waals surface area contributed by atoms with Crippen molar-refractivity contribution in [2.75, 3.05) is 31.1 Å². The number of nitrogens with zero attached hydrogens (tertiary/aromatic N) is 1. The van der Waals surface area contributed by atoms with E-state index < -0.39 is 21.0 Å². The summed E-state index contributed by atoms with van der Waals surface area (Å²) in [6, 6.07) is 0. The zero-order valence-corrected chi connectivity index (χ0v) is 12.3. The van der Waals surface area contributed by atoms with Crippen molar-refractivity contribution >= 4 is 15.7 Å². The fourth-order valence-corrected chi connectivity index (χ4v) is 4.90. The van der Waals surface area contributed by atoms with E-state index in [9.17, 15) is 18.3 Å². The van der Waals surface area contributed by atoms with Gasteiger partial charge in [-0.25, -0.2) is 8.42 Å². The third kappa shape index (κ3) is 3.46. The standard InChI is InChI=1S/C12H22N2O4S/c1-3-12(16)7-14(8-12)6-10(15)13-11(2)4-5-19(17,18)9-11/h16H,3-9H2,1-2H3,(H,13,15). The predicted molar refractivity (Wildman–Crippen MR) is 71.5 cm³/mol. The van der Waals surface area contributed by atoms with Crippen LogP contribution in [0.4, 0.5) is 0 Å². The Kier molecular flexibility index (Phi) is 3.66. The van der Waals surface area contributed by atoms with Gasteiger partial charge in [-0.3, -0.25) is 9.69 Å². The second-order valence-electron chi connectivity index (χ2n) is 6.17. The Bertz CT molecular complexity index is 470. The molecule has 1 amide bonds. The first-order valence-electron chi connectivity index (χ1n) is 6.62. The summed E-state index contributed by atoms with van der Waals surface area (Å²) in [5, 5.41) is 12.7. The topological polar surface area (TPSA) is 86.7 Å². The summed E-state index contributed by atoms with van der Waals surface area (Å²) >= 11 is 0. The summed E-state index contributed by atoms with van der Waals surface area (Å²) in [6.07, 6.45) is 1.15. The number of hydrogen-bond acceptors (Lipinski definition) is 5. The summed E-state index contributed by atoms with van der Waals surface area (Å²) in [5.74, 6) is -0.00831. The van der Waals surface area contributed by atoms with Crippen LogP contribution in [0.25, 0.3) is 0 Å². The van der Waals surface area contributed by atoms with E-state index >= 15 is 0 Å². The van der Waals surface area contributed by atoms with Gasteiger partial charge in [0.25, 0.3) is 0 Å². The van der Waals surface area contributed by atoms with Gasteiger partial charge in [-0.2, -0.15) is 0 Å². The number of likely N-dealkylation sites (tertiary alicyclic amines) is 1. The molecule has 2 fully saturated rings. The highest BCUT2D eigenvalue weighted by molar-refractivity contribution is 7.91. The Morgan fingerprint density at radius 3 is 2.53 bits per heavy atom. The van der Waals surface area contributed by atoms with Crippen molar-refractivity contribution in [2.45, 2.75) is 37.8 Å². The van der Waals surface area contributed by atoms with Crippen LogP contribution in [-0.4, -0.2) is 66.6 Å². The Balaban J connectivity index is 1.80. The molecule has 0 bridgehead atoms. The molecule has 2 rings (SSSR count). The minimum atomic E-state index is -3.01. The lowest BCUT2D eigenvalue weighted by molar-refractivity contribution is -0.134. The molecule has 1 atom stereocenters. The normalized spacial score (nSPS) is 32.8. The van der Waals surface area contributed by atoms with E-state index in [-0.39, 0.29) is 24.0 Å². The minimum absolute atomic E-state index is 0.0185. The summed E-state index contributed by atoms with van der Waals surface area (Å²) in [5.41, 5.74) is -1.29. The van der Waals surface area contributed by atoms with Gasteiger partial charge >= 0.3 is 0 Å². The smallest absolute Gasteiger partial charge is 0.234 e. The lowest BCUT2D eigenvalue weighted by atomic mass is 9.91. The van der Waals surface area contributed by atoms with Crippen molar-refractivity contribution in [3.05, 3.63) is 0 Å². The fourth-order valence-electron chi connectivity index (χ4n) is 2.81. The van der Waals surface area contributed by atoms with Crippen molar-refractivity contribution < 1.29 is 18.3 Å². The zero-order valence-electron chi connectivity index (χ0n) is 11.5. The zero-order chi connectivity index (χ0) is 14.3. The molecule has 0 spiro atoms. The number of hydrogen-bond donors (Lipinski definition) is 2. The van der Waals surface area contributed by atoms with Crippen molar-refractivity contribution in [2.24, 2.45) is 0 Å². The number of nitrogens with one attached hydrogen (secondary N) is 1. The average molecular weight is 290 g/mol. The van der Waals surface area contributed by atoms with Crippen LogP contribution in [0.15, 0.2) is 0 Å². The number of β-amino-alcohol motifs (C(OH)–C–C–N with tert-alkyl or cyclic N) is 1. The van der Waals surface area contributed by atoms with Gasteiger partial charge in [0.05, 0.1) is 29.2 Å². The monoisotopic (exact) mass is 290 g/mol. The van der Waals surface area contributed by atoms with Crippen LogP contribution in [0.1, 0.15) is 26.7 Å². The summed E-state index contributed by atoms with van der Waals surface area (Å²) in [7, 11) is -3.01. The van der Waals surface area contributed by atoms with Gasteiger partial charge in [-0.1, -0.05) is 6.92 Å². The van der Waals surface area contributed by atoms with E-state index in [1.165, 1.54) is 0 Å². The van der Waals surface area contributed by atoms with Gasteiger partial charge in [0, 0.05) is 13.1 Å². The molecule has 19 heavy (non-hydrogen) atoms. The van der Waals surface area contributed by atoms with Crippen LogP contribution in [-0.2, 0) is 14.6 Å². The van der Waals surface area contributed by atoms with Gasteiger partial charge in [0.15, 0.2) is 9.84 Å². The molecule has 2 aliphatic rings. The maximum atomic E-state index is 11.9. The maximum absolute atomic E-state index is 11.9. The molecule has 2 saturated heterocycles. The van der Waals surface area contributed by atoms with Gasteiger partial charge < -0.3 is 10.4 Å². The predicted octanol–water partition coefficient (Wildman–Crippen LogP) is -0.863. The number of carbonyl (C=O) groups excluding carboxylic acids is 1. The number of sulfone groups is 1. The molecule has 0 aromatic carbocycles. The van der Waals surface area contributed by atoms with Crippen LogP contribution < -0.4 is 5.32 Å². The quantitative estimate of drug-likeness (QED) is 0.703. The fraction of sp³-hybridized carbons (Fsp3) is 0.917. The molecule has 110 valence electrons. The lowest BCUT2D eigenvalue weighted by Crippen LogP contribution is -2.63. The van der Waals surface area contributed by atoms with Gasteiger partial charge in [-0.05, 0) is 19.8 Å². The van der Waals surface area contributed by atoms with Crippen LogP contribution in [0.3, 0.4) is 0 Å². The van der Waals surface area contributed by atoms with E-state index in [4.69, 9.17) is 0 Å². The van der Waals surface area contributed by atoms with Crippen molar-refractivity contribution in [3.8, 4) is 0 Å². The Morgan fingerprint density at radius 1 is 1.42 bits per heavy atom. The lowest BCUT2D eigenvalue weighted by Gasteiger charge is -2.46. The third-order valence-corrected chi connectivity index (χ3v) is 5.91. The van der Waals surface area contributed by atoms with Gasteiger partial charge in [0.1, 0.15) is 0 Å². The molecular weight excluding hydrogens is 268 g/mol. The summed E-state index contributed by atoms with van der Waals surface area (Å²) in [4.78, 5) is 13.8. The second kappa shape index (κ2) is 4.71. The van der Waals surface area contributed by atoms with Gasteiger partial charge in [-0.15, -0.1) is 0 Å². The number of carbonyl (C=O) groups is 1. The first-order valence-corrected chi connectivity index (χ1v) is 8.44. The van der Waals surface area contributed by atoms with Crippen LogP contribution in [0, 0.1) is 0 Å². The summed E-state index contributed by atoms with van der Waals surface area (Å²) < 4.78 is 22.9.